The smallest absolute Gasteiger partial charge is 0.408 e. The van der Waals surface area contributed by atoms with Crippen molar-refractivity contribution in [3.05, 3.63) is 59.4 Å². The highest BCUT2D eigenvalue weighted by Gasteiger charge is 2.35. The lowest BCUT2D eigenvalue weighted by atomic mass is 9.93. The molecule has 11 nitrogen and oxygen atoms in total. The Morgan fingerprint density at radius 3 is 1.89 bits per heavy atom. The molecule has 0 aliphatic rings. The Hall–Kier alpha value is -3.51. The fourth-order valence-electron chi connectivity index (χ4n) is 4.16. The van der Waals surface area contributed by atoms with Crippen LogP contribution in [0.4, 0.5) is 4.79 Å². The van der Waals surface area contributed by atoms with Crippen LogP contribution in [0.3, 0.4) is 0 Å². The van der Waals surface area contributed by atoms with Gasteiger partial charge in [-0.25, -0.2) is 9.59 Å². The van der Waals surface area contributed by atoms with Crippen LogP contribution in [0.2, 0.25) is 0 Å². The highest BCUT2D eigenvalue weighted by atomic mass is 32.2. The van der Waals surface area contributed by atoms with E-state index in [4.69, 9.17) is 18.4 Å². The summed E-state index contributed by atoms with van der Waals surface area (Å²) in [5.41, 5.74) is -0.0561. The molecule has 1 aromatic carbocycles. The Bertz CT molecular complexity index is 1420. The molecule has 0 saturated heterocycles. The van der Waals surface area contributed by atoms with Crippen LogP contribution in [0.5, 0.6) is 0 Å². The summed E-state index contributed by atoms with van der Waals surface area (Å²) in [6.07, 6.45) is 1.82. The van der Waals surface area contributed by atoms with E-state index < -0.39 is 56.9 Å². The zero-order chi connectivity index (χ0) is 34.9. The van der Waals surface area contributed by atoms with Crippen LogP contribution in [0.25, 0.3) is 0 Å². The van der Waals surface area contributed by atoms with E-state index in [1.54, 1.807) is 86.7 Å². The first-order valence-corrected chi connectivity index (χ1v) is 16.8. The van der Waals surface area contributed by atoms with Crippen molar-refractivity contribution in [3.8, 4) is 0 Å². The van der Waals surface area contributed by atoms with E-state index in [0.717, 1.165) is 11.1 Å². The number of amides is 1. The second-order valence-corrected chi connectivity index (χ2v) is 15.9. The number of nitrogens with zero attached hydrogens (tertiary/aromatic N) is 1. The van der Waals surface area contributed by atoms with Gasteiger partial charge in [-0.3, -0.25) is 14.0 Å². The Kier molecular flexibility index (Phi) is 13.3. The molecule has 1 N–H and O–H groups in total. The van der Waals surface area contributed by atoms with Crippen molar-refractivity contribution in [2.24, 2.45) is 5.92 Å². The van der Waals surface area contributed by atoms with Crippen molar-refractivity contribution in [1.82, 2.24) is 10.3 Å². The van der Waals surface area contributed by atoms with Crippen molar-refractivity contribution >= 4 is 28.1 Å². The number of nitrogens with one attached hydrogen (secondary N) is 1. The van der Waals surface area contributed by atoms with Gasteiger partial charge in [-0.15, -0.1) is 0 Å². The van der Waals surface area contributed by atoms with Gasteiger partial charge in [-0.05, 0) is 112 Å². The molecule has 1 unspecified atom stereocenters. The number of ether oxygens (including phenoxy) is 3. The number of carbonyl (C=O) groups excluding carboxylic acids is 3. The van der Waals surface area contributed by atoms with Gasteiger partial charge in [0.05, 0.1) is 17.4 Å². The number of rotatable bonds is 13. The number of carbonyl (C=O) groups is 3. The summed E-state index contributed by atoms with van der Waals surface area (Å²) in [6.45, 7) is 17.4. The van der Waals surface area contributed by atoms with Crippen molar-refractivity contribution in [3.63, 3.8) is 0 Å². The molecule has 0 bridgehead atoms. The molecular weight excluding hydrogens is 612 g/mol. The van der Waals surface area contributed by atoms with E-state index >= 15 is 0 Å². The van der Waals surface area contributed by atoms with Gasteiger partial charge in [0.2, 0.25) is 0 Å². The molecule has 0 aliphatic carbocycles. The predicted molar refractivity (Wildman–Crippen MR) is 174 cm³/mol. The maximum Gasteiger partial charge on any atom is 0.408 e. The van der Waals surface area contributed by atoms with Crippen LogP contribution in [0.15, 0.2) is 47.5 Å². The second-order valence-electron chi connectivity index (χ2n) is 14.3. The molecule has 2 atom stereocenters. The number of benzene rings is 1. The first-order valence-electron chi connectivity index (χ1n) is 15.4. The summed E-state index contributed by atoms with van der Waals surface area (Å²) < 4.78 is 46.6. The van der Waals surface area contributed by atoms with Gasteiger partial charge in [0.15, 0.2) is 0 Å². The largest absolute Gasteiger partial charge is 0.460 e. The van der Waals surface area contributed by atoms with Crippen molar-refractivity contribution in [1.29, 1.82) is 0 Å². The number of aromatic nitrogens is 1. The molecule has 1 aromatic heterocycles. The van der Waals surface area contributed by atoms with Gasteiger partial charge in [-0.2, -0.15) is 8.42 Å². The number of pyridine rings is 1. The van der Waals surface area contributed by atoms with Gasteiger partial charge >= 0.3 is 18.0 Å². The van der Waals surface area contributed by atoms with Crippen LogP contribution in [-0.2, 0) is 50.9 Å². The molecule has 0 fully saturated rings. The molecule has 0 spiro atoms. The minimum absolute atomic E-state index is 0.00931. The summed E-state index contributed by atoms with van der Waals surface area (Å²) in [5.74, 6) is -2.11. The zero-order valence-electron chi connectivity index (χ0n) is 28.8. The molecule has 1 heterocycles. The minimum Gasteiger partial charge on any atom is -0.460 e. The van der Waals surface area contributed by atoms with Gasteiger partial charge in [0.25, 0.3) is 10.1 Å². The maximum atomic E-state index is 13.4. The molecule has 1 amide bonds. The van der Waals surface area contributed by atoms with Crippen molar-refractivity contribution in [2.45, 2.75) is 123 Å². The molecule has 0 radical (unpaired) electrons. The number of alkyl carbamates (subject to hydrolysis) is 1. The molecule has 256 valence electrons. The number of esters is 2. The topological polar surface area (TPSA) is 147 Å². The maximum absolute atomic E-state index is 13.4. The summed E-state index contributed by atoms with van der Waals surface area (Å²) in [6, 6.07) is 8.87. The molecule has 46 heavy (non-hydrogen) atoms. The fraction of sp³-hybridized carbons (Fsp3) is 0.588. The van der Waals surface area contributed by atoms with E-state index in [1.165, 1.54) is 12.1 Å². The fourth-order valence-corrected chi connectivity index (χ4v) is 5.11. The SMILES string of the molecule is Cc1ccc(S(=O)(=O)OCCCc2ccc(CC(C[C@H](NC(=O)OC(C)(C)C)C(=O)OC(C)(C)C)C(=O)OC(C)(C)C)nc2)cc1. The highest BCUT2D eigenvalue weighted by Crippen LogP contribution is 2.22. The average Bonchev–Trinajstić information content (AvgIpc) is 2.88. The van der Waals surface area contributed by atoms with E-state index in [0.29, 0.717) is 18.5 Å². The lowest BCUT2D eigenvalue weighted by Crippen LogP contribution is -2.48. The summed E-state index contributed by atoms with van der Waals surface area (Å²) in [7, 11) is -3.84. The van der Waals surface area contributed by atoms with E-state index in [-0.39, 0.29) is 24.3 Å². The van der Waals surface area contributed by atoms with Gasteiger partial charge < -0.3 is 19.5 Å². The number of hydrogen-bond acceptors (Lipinski definition) is 10. The average molecular weight is 663 g/mol. The molecular formula is C34H50N2O9S. The quantitative estimate of drug-likeness (QED) is 0.120. The Morgan fingerprint density at radius 2 is 1.37 bits per heavy atom. The predicted octanol–water partition coefficient (Wildman–Crippen LogP) is 5.85. The lowest BCUT2D eigenvalue weighted by Gasteiger charge is -2.29. The minimum atomic E-state index is -3.84. The molecule has 2 rings (SSSR count). The van der Waals surface area contributed by atoms with E-state index in [2.05, 4.69) is 10.3 Å². The number of aryl methyl sites for hydroxylation is 2. The van der Waals surface area contributed by atoms with Crippen LogP contribution < -0.4 is 5.32 Å². The normalized spacial score (nSPS) is 13.8. The van der Waals surface area contributed by atoms with Crippen LogP contribution in [-0.4, -0.2) is 60.9 Å². The second kappa shape index (κ2) is 15.9. The van der Waals surface area contributed by atoms with Crippen LogP contribution in [0, 0.1) is 12.8 Å². The van der Waals surface area contributed by atoms with Crippen molar-refractivity contribution < 1.29 is 41.2 Å². The first-order chi connectivity index (χ1) is 21.0. The Balaban J connectivity index is 2.15. The summed E-state index contributed by atoms with van der Waals surface area (Å²) in [4.78, 5) is 43.8. The van der Waals surface area contributed by atoms with Crippen LogP contribution in [0.1, 0.15) is 92.0 Å². The number of hydrogen-bond donors (Lipinski definition) is 1. The van der Waals surface area contributed by atoms with Gasteiger partial charge in [-0.1, -0.05) is 23.8 Å². The highest BCUT2D eigenvalue weighted by molar-refractivity contribution is 7.86. The van der Waals surface area contributed by atoms with Gasteiger partial charge in [0, 0.05) is 18.3 Å². The Morgan fingerprint density at radius 1 is 0.804 bits per heavy atom. The third-order valence-electron chi connectivity index (χ3n) is 6.14. The monoisotopic (exact) mass is 662 g/mol. The molecule has 12 heteroatoms. The standard InChI is InChI=1S/C34H50N2O9S/c1-23-13-17-27(18-14-23)46(40,41)42-19-11-12-24-15-16-26(35-22-24)20-25(29(37)43-32(2,3)4)21-28(30(38)44-33(5,6)7)36-31(39)45-34(8,9)10/h13-18,22,25,28H,11-12,19-21H2,1-10H3,(H,36,39)/t25?,28-/m0/s1. The third-order valence-corrected chi connectivity index (χ3v) is 7.47. The van der Waals surface area contributed by atoms with E-state index in [1.807, 2.05) is 13.0 Å². The van der Waals surface area contributed by atoms with Crippen LogP contribution >= 0.6 is 0 Å². The molecule has 0 aliphatic heterocycles. The van der Waals surface area contributed by atoms with E-state index in [9.17, 15) is 22.8 Å². The van der Waals surface area contributed by atoms with Gasteiger partial charge in [0.1, 0.15) is 22.8 Å². The Labute approximate surface area is 273 Å². The molecule has 0 saturated carbocycles. The molecule has 2 aromatic rings. The van der Waals surface area contributed by atoms with Crippen molar-refractivity contribution in [2.75, 3.05) is 6.61 Å². The summed E-state index contributed by atoms with van der Waals surface area (Å²) >= 11 is 0. The lowest BCUT2D eigenvalue weighted by molar-refractivity contribution is -0.162. The third kappa shape index (κ3) is 14.7. The first kappa shape index (κ1) is 38.7. The summed E-state index contributed by atoms with van der Waals surface area (Å²) in [5, 5.41) is 2.57. The zero-order valence-corrected chi connectivity index (χ0v) is 29.6.